The first-order valence-corrected chi connectivity index (χ1v) is 7.35. The third kappa shape index (κ3) is 2.82. The molecule has 0 aliphatic rings. The number of amidine groups is 1. The van der Waals surface area contributed by atoms with E-state index in [-0.39, 0.29) is 10.9 Å². The van der Waals surface area contributed by atoms with E-state index in [0.717, 1.165) is 4.31 Å². The maximum atomic E-state index is 12.4. The van der Waals surface area contributed by atoms with Crippen LogP contribution in [0.4, 0.5) is 5.69 Å². The fraction of sp³-hybridized carbons (Fsp3) is 0.167. The molecule has 21 heavy (non-hydrogen) atoms. The molecule has 0 saturated carbocycles. The fourth-order valence-electron chi connectivity index (χ4n) is 1.70. The third-order valence-electron chi connectivity index (χ3n) is 2.94. The molecule has 1 aromatic carbocycles. The number of rotatable bonds is 4. The van der Waals surface area contributed by atoms with Gasteiger partial charge in [-0.05, 0) is 24.3 Å². The summed E-state index contributed by atoms with van der Waals surface area (Å²) in [6.45, 7) is 0. The maximum Gasteiger partial charge on any atom is 0.283 e. The number of oxime groups is 1. The first kappa shape index (κ1) is 14.9. The van der Waals surface area contributed by atoms with Gasteiger partial charge in [0.15, 0.2) is 10.9 Å². The second-order valence-corrected chi connectivity index (χ2v) is 6.30. The Morgan fingerprint density at radius 3 is 2.48 bits per heavy atom. The number of sulfonamides is 1. The minimum atomic E-state index is -3.72. The number of aromatic nitrogens is 2. The van der Waals surface area contributed by atoms with Crippen LogP contribution in [-0.4, -0.2) is 36.1 Å². The highest BCUT2D eigenvalue weighted by atomic mass is 32.2. The molecule has 0 aliphatic heterocycles. The van der Waals surface area contributed by atoms with E-state index in [1.807, 2.05) is 0 Å². The summed E-state index contributed by atoms with van der Waals surface area (Å²) in [6, 6.07) is 6.26. The Bertz CT molecular complexity index is 764. The summed E-state index contributed by atoms with van der Waals surface area (Å²) in [5.41, 5.74) is 6.39. The van der Waals surface area contributed by atoms with Crippen LogP contribution < -0.4 is 10.0 Å². The van der Waals surface area contributed by atoms with Crippen molar-refractivity contribution in [3.8, 4) is 0 Å². The fourth-order valence-corrected chi connectivity index (χ4v) is 2.86. The monoisotopic (exact) mass is 309 g/mol. The molecule has 0 amide bonds. The Morgan fingerprint density at radius 2 is 2.00 bits per heavy atom. The molecule has 8 nitrogen and oxygen atoms in total. The van der Waals surface area contributed by atoms with Crippen molar-refractivity contribution in [2.24, 2.45) is 17.9 Å². The van der Waals surface area contributed by atoms with Crippen molar-refractivity contribution in [3.05, 3.63) is 42.4 Å². The van der Waals surface area contributed by atoms with Crippen LogP contribution in [-0.2, 0) is 17.1 Å². The Balaban J connectivity index is 2.33. The lowest BCUT2D eigenvalue weighted by Crippen LogP contribution is -2.27. The molecule has 1 aromatic heterocycles. The number of benzene rings is 1. The molecule has 0 saturated heterocycles. The zero-order valence-corrected chi connectivity index (χ0v) is 12.3. The van der Waals surface area contributed by atoms with Gasteiger partial charge in [-0.2, -0.15) is 8.42 Å². The van der Waals surface area contributed by atoms with E-state index in [9.17, 15) is 8.42 Å². The summed E-state index contributed by atoms with van der Waals surface area (Å²) in [6.07, 6.45) is 2.85. The normalized spacial score (nSPS) is 12.4. The highest BCUT2D eigenvalue weighted by molar-refractivity contribution is 7.92. The highest BCUT2D eigenvalue weighted by Crippen LogP contribution is 2.21. The summed E-state index contributed by atoms with van der Waals surface area (Å²) >= 11 is 0. The number of anilines is 1. The molecule has 2 aromatic rings. The number of hydrogen-bond acceptors (Lipinski definition) is 5. The van der Waals surface area contributed by atoms with Crippen LogP contribution in [0, 0.1) is 0 Å². The molecule has 0 bridgehead atoms. The third-order valence-corrected chi connectivity index (χ3v) is 4.61. The minimum Gasteiger partial charge on any atom is -0.409 e. The Labute approximate surface area is 122 Å². The van der Waals surface area contributed by atoms with Crippen LogP contribution in [0.3, 0.4) is 0 Å². The lowest BCUT2D eigenvalue weighted by atomic mass is 10.2. The second kappa shape index (κ2) is 5.44. The van der Waals surface area contributed by atoms with Gasteiger partial charge in [-0.1, -0.05) is 5.16 Å². The highest BCUT2D eigenvalue weighted by Gasteiger charge is 2.23. The predicted octanol–water partition coefficient (Wildman–Crippen LogP) is 0.340. The molecule has 0 spiro atoms. The van der Waals surface area contributed by atoms with Gasteiger partial charge in [0, 0.05) is 25.9 Å². The van der Waals surface area contributed by atoms with Gasteiger partial charge in [0.25, 0.3) is 10.0 Å². The lowest BCUT2D eigenvalue weighted by Gasteiger charge is -2.18. The average Bonchev–Trinajstić information content (AvgIpc) is 2.93. The van der Waals surface area contributed by atoms with Crippen molar-refractivity contribution < 1.29 is 13.6 Å². The van der Waals surface area contributed by atoms with Crippen LogP contribution in [0.1, 0.15) is 5.56 Å². The van der Waals surface area contributed by atoms with Gasteiger partial charge >= 0.3 is 0 Å². The molecule has 0 radical (unpaired) electrons. The lowest BCUT2D eigenvalue weighted by molar-refractivity contribution is 0.318. The Kier molecular flexibility index (Phi) is 3.85. The van der Waals surface area contributed by atoms with Gasteiger partial charge in [-0.15, -0.1) is 0 Å². The number of nitrogens with two attached hydrogens (primary N) is 1. The molecule has 9 heteroatoms. The summed E-state index contributed by atoms with van der Waals surface area (Å²) in [7, 11) is -0.594. The quantitative estimate of drug-likeness (QED) is 0.366. The first-order valence-electron chi connectivity index (χ1n) is 5.91. The second-order valence-electron chi connectivity index (χ2n) is 4.38. The minimum absolute atomic E-state index is 0.0342. The van der Waals surface area contributed by atoms with Gasteiger partial charge in [0.05, 0.1) is 12.0 Å². The molecule has 112 valence electrons. The van der Waals surface area contributed by atoms with Gasteiger partial charge in [0.1, 0.15) is 0 Å². The van der Waals surface area contributed by atoms with Crippen LogP contribution >= 0.6 is 0 Å². The first-order chi connectivity index (χ1) is 9.86. The van der Waals surface area contributed by atoms with Crippen molar-refractivity contribution in [1.82, 2.24) is 9.55 Å². The van der Waals surface area contributed by atoms with Crippen LogP contribution in [0.2, 0.25) is 0 Å². The molecule has 0 unspecified atom stereocenters. The van der Waals surface area contributed by atoms with Crippen molar-refractivity contribution in [3.63, 3.8) is 0 Å². The molecule has 2 rings (SSSR count). The van der Waals surface area contributed by atoms with Crippen LogP contribution in [0.5, 0.6) is 0 Å². The van der Waals surface area contributed by atoms with E-state index < -0.39 is 10.0 Å². The molecule has 0 fully saturated rings. The van der Waals surface area contributed by atoms with Gasteiger partial charge in [-0.25, -0.2) is 4.98 Å². The molecular formula is C12H15N5O3S. The van der Waals surface area contributed by atoms with Crippen molar-refractivity contribution in [1.29, 1.82) is 0 Å². The van der Waals surface area contributed by atoms with E-state index in [0.29, 0.717) is 11.3 Å². The van der Waals surface area contributed by atoms with E-state index >= 15 is 0 Å². The van der Waals surface area contributed by atoms with Gasteiger partial charge in [0.2, 0.25) is 0 Å². The SMILES string of the molecule is CN(c1ccc(C(N)=NO)cc1)S(=O)(=O)c1cn(C)cn1. The van der Waals surface area contributed by atoms with E-state index in [1.54, 1.807) is 35.9 Å². The molecule has 3 N–H and O–H groups in total. The Morgan fingerprint density at radius 1 is 1.38 bits per heavy atom. The van der Waals surface area contributed by atoms with Gasteiger partial charge in [-0.3, -0.25) is 4.31 Å². The molecule has 1 heterocycles. The summed E-state index contributed by atoms with van der Waals surface area (Å²) < 4.78 is 27.4. The number of aryl methyl sites for hydroxylation is 1. The van der Waals surface area contributed by atoms with Crippen LogP contribution in [0.25, 0.3) is 0 Å². The van der Waals surface area contributed by atoms with Crippen molar-refractivity contribution >= 4 is 21.5 Å². The Hall–Kier alpha value is -2.55. The summed E-state index contributed by atoms with van der Waals surface area (Å²) in [5, 5.41) is 11.4. The number of nitrogens with zero attached hydrogens (tertiary/aromatic N) is 4. The van der Waals surface area contributed by atoms with Crippen LogP contribution in [0.15, 0.2) is 47.0 Å². The molecular weight excluding hydrogens is 294 g/mol. The summed E-state index contributed by atoms with van der Waals surface area (Å²) in [5.74, 6) is -0.0446. The standard InChI is InChI=1S/C12H15N5O3S/c1-16-7-11(14-8-16)21(19,20)17(2)10-5-3-9(4-6-10)12(13)15-18/h3-8,18H,1-2H3,(H2,13,15). The van der Waals surface area contributed by atoms with Gasteiger partial charge < -0.3 is 15.5 Å². The van der Waals surface area contributed by atoms with E-state index in [4.69, 9.17) is 10.9 Å². The van der Waals surface area contributed by atoms with E-state index in [2.05, 4.69) is 10.1 Å². The topological polar surface area (TPSA) is 114 Å². The maximum absolute atomic E-state index is 12.4. The number of imidazole rings is 1. The smallest absolute Gasteiger partial charge is 0.283 e. The zero-order chi connectivity index (χ0) is 15.6. The van der Waals surface area contributed by atoms with Crippen molar-refractivity contribution in [2.45, 2.75) is 5.03 Å². The largest absolute Gasteiger partial charge is 0.409 e. The average molecular weight is 309 g/mol. The molecule has 0 atom stereocenters. The number of hydrogen-bond donors (Lipinski definition) is 2. The summed E-state index contributed by atoms with van der Waals surface area (Å²) in [4.78, 5) is 3.85. The van der Waals surface area contributed by atoms with E-state index in [1.165, 1.54) is 19.6 Å². The van der Waals surface area contributed by atoms with Crippen molar-refractivity contribution in [2.75, 3.05) is 11.4 Å². The predicted molar refractivity (Wildman–Crippen MR) is 77.7 cm³/mol. The zero-order valence-electron chi connectivity index (χ0n) is 11.5. The molecule has 0 aliphatic carbocycles.